The second-order valence-electron chi connectivity index (χ2n) is 5.18. The molecule has 2 nitrogen and oxygen atoms in total. The van der Waals surface area contributed by atoms with Gasteiger partial charge in [0.15, 0.2) is 5.78 Å². The Morgan fingerprint density at radius 1 is 1.12 bits per heavy atom. The average molecular weight is 215 g/mol. The van der Waals surface area contributed by atoms with Crippen molar-refractivity contribution in [2.75, 3.05) is 0 Å². The fourth-order valence-electron chi connectivity index (χ4n) is 1.44. The summed E-state index contributed by atoms with van der Waals surface area (Å²) in [6.07, 6.45) is 0. The summed E-state index contributed by atoms with van der Waals surface area (Å²) < 4.78 is 0. The number of carbonyl (C=O) groups is 1. The van der Waals surface area contributed by atoms with Gasteiger partial charge in [-0.15, -0.1) is 0 Å². The molecule has 1 unspecified atom stereocenters. The molecule has 0 aromatic heterocycles. The highest BCUT2D eigenvalue weighted by molar-refractivity contribution is 6.02. The number of nitrogens with zero attached hydrogens (tertiary/aromatic N) is 1. The van der Waals surface area contributed by atoms with E-state index in [1.54, 1.807) is 19.1 Å². The number of benzene rings is 1. The lowest BCUT2D eigenvalue weighted by Gasteiger charge is -2.34. The van der Waals surface area contributed by atoms with Crippen molar-refractivity contribution >= 4 is 5.78 Å². The molecule has 0 bridgehead atoms. The van der Waals surface area contributed by atoms with Crippen LogP contribution in [0.3, 0.4) is 0 Å². The minimum absolute atomic E-state index is 0.108. The molecule has 0 fully saturated rings. The number of hydrogen-bond acceptors (Lipinski definition) is 2. The number of hydrogen-bond donors (Lipinski definition) is 0. The molecular weight excluding hydrogens is 198 g/mol. The summed E-state index contributed by atoms with van der Waals surface area (Å²) in [5.74, 6) is -0.108. The number of nitriles is 1. The minimum atomic E-state index is -0.992. The maximum absolute atomic E-state index is 12.3. The van der Waals surface area contributed by atoms with Crippen LogP contribution in [0.4, 0.5) is 0 Å². The van der Waals surface area contributed by atoms with Crippen LogP contribution in [0.15, 0.2) is 30.3 Å². The maximum Gasteiger partial charge on any atom is 0.183 e. The number of ketones is 1. The Morgan fingerprint density at radius 2 is 1.62 bits per heavy atom. The summed E-state index contributed by atoms with van der Waals surface area (Å²) in [5, 5.41) is 9.28. The first-order valence-electron chi connectivity index (χ1n) is 5.34. The third kappa shape index (κ3) is 1.99. The monoisotopic (exact) mass is 215 g/mol. The standard InChI is InChI=1S/C14H17NO/c1-13(2,3)14(4,10-15)12(16)11-8-6-5-7-9-11/h5-9H,1-4H3. The fraction of sp³-hybridized carbons (Fsp3) is 0.429. The molecule has 1 rings (SSSR count). The smallest absolute Gasteiger partial charge is 0.183 e. The molecule has 0 spiro atoms. The van der Waals surface area contributed by atoms with E-state index in [1.165, 1.54) is 0 Å². The van der Waals surface area contributed by atoms with Crippen LogP contribution in [-0.4, -0.2) is 5.78 Å². The van der Waals surface area contributed by atoms with Gasteiger partial charge in [-0.05, 0) is 12.3 Å². The summed E-state index contributed by atoms with van der Waals surface area (Å²) in [4.78, 5) is 12.3. The molecular formula is C14H17NO. The van der Waals surface area contributed by atoms with Crippen molar-refractivity contribution in [1.82, 2.24) is 0 Å². The van der Waals surface area contributed by atoms with Crippen molar-refractivity contribution in [3.8, 4) is 6.07 Å². The highest BCUT2D eigenvalue weighted by Crippen LogP contribution is 2.40. The zero-order chi connectivity index (χ0) is 12.4. The fourth-order valence-corrected chi connectivity index (χ4v) is 1.44. The van der Waals surface area contributed by atoms with E-state index in [0.717, 1.165) is 0 Å². The number of carbonyl (C=O) groups excluding carboxylic acids is 1. The first-order chi connectivity index (χ1) is 7.33. The molecule has 0 amide bonds. The molecule has 1 atom stereocenters. The molecule has 0 heterocycles. The van der Waals surface area contributed by atoms with E-state index < -0.39 is 5.41 Å². The lowest BCUT2D eigenvalue weighted by atomic mass is 9.65. The Balaban J connectivity index is 3.20. The van der Waals surface area contributed by atoms with Gasteiger partial charge in [0.2, 0.25) is 0 Å². The van der Waals surface area contributed by atoms with Crippen LogP contribution in [0.1, 0.15) is 38.1 Å². The molecule has 0 N–H and O–H groups in total. The van der Waals surface area contributed by atoms with Crippen LogP contribution >= 0.6 is 0 Å². The van der Waals surface area contributed by atoms with Crippen LogP contribution in [0.2, 0.25) is 0 Å². The second-order valence-corrected chi connectivity index (χ2v) is 5.18. The van der Waals surface area contributed by atoms with Gasteiger partial charge in [-0.3, -0.25) is 4.79 Å². The molecule has 0 aliphatic carbocycles. The van der Waals surface area contributed by atoms with Gasteiger partial charge in [0, 0.05) is 5.56 Å². The van der Waals surface area contributed by atoms with E-state index in [2.05, 4.69) is 6.07 Å². The average Bonchev–Trinajstić information content (AvgIpc) is 2.26. The summed E-state index contributed by atoms with van der Waals surface area (Å²) >= 11 is 0. The summed E-state index contributed by atoms with van der Waals surface area (Å²) in [5.41, 5.74) is -0.773. The highest BCUT2D eigenvalue weighted by atomic mass is 16.1. The number of rotatable bonds is 2. The molecule has 84 valence electrons. The third-order valence-electron chi connectivity index (χ3n) is 3.21. The number of Topliss-reactive ketones (excluding diaryl/α,β-unsaturated/α-hetero) is 1. The molecule has 0 saturated heterocycles. The minimum Gasteiger partial charge on any atom is -0.292 e. The van der Waals surface area contributed by atoms with Crippen molar-refractivity contribution < 1.29 is 4.79 Å². The summed E-state index contributed by atoms with van der Waals surface area (Å²) in [6.45, 7) is 7.45. The van der Waals surface area contributed by atoms with Gasteiger partial charge in [0.25, 0.3) is 0 Å². The van der Waals surface area contributed by atoms with Gasteiger partial charge in [-0.2, -0.15) is 5.26 Å². The Hall–Kier alpha value is -1.62. The first kappa shape index (κ1) is 12.4. The SMILES string of the molecule is CC(C)(C)C(C)(C#N)C(=O)c1ccccc1. The Labute approximate surface area is 96.9 Å². The predicted octanol–water partition coefficient (Wildman–Crippen LogP) is 3.45. The van der Waals surface area contributed by atoms with E-state index >= 15 is 0 Å². The van der Waals surface area contributed by atoms with Gasteiger partial charge in [-0.25, -0.2) is 0 Å². The van der Waals surface area contributed by atoms with Crippen LogP contribution in [0.25, 0.3) is 0 Å². The van der Waals surface area contributed by atoms with Gasteiger partial charge in [0.1, 0.15) is 5.41 Å². The topological polar surface area (TPSA) is 40.9 Å². The van der Waals surface area contributed by atoms with Crippen molar-refractivity contribution in [2.24, 2.45) is 10.8 Å². The van der Waals surface area contributed by atoms with Crippen molar-refractivity contribution in [1.29, 1.82) is 5.26 Å². The van der Waals surface area contributed by atoms with E-state index in [-0.39, 0.29) is 11.2 Å². The van der Waals surface area contributed by atoms with Gasteiger partial charge >= 0.3 is 0 Å². The van der Waals surface area contributed by atoms with E-state index in [9.17, 15) is 10.1 Å². The first-order valence-corrected chi connectivity index (χ1v) is 5.34. The largest absolute Gasteiger partial charge is 0.292 e. The van der Waals surface area contributed by atoms with Crippen LogP contribution in [0, 0.1) is 22.2 Å². The molecule has 0 saturated carbocycles. The van der Waals surface area contributed by atoms with Crippen LogP contribution < -0.4 is 0 Å². The van der Waals surface area contributed by atoms with E-state index in [4.69, 9.17) is 0 Å². The Kier molecular flexibility index (Phi) is 3.19. The molecule has 1 aromatic rings. The van der Waals surface area contributed by atoms with Crippen molar-refractivity contribution in [3.05, 3.63) is 35.9 Å². The summed E-state index contributed by atoms with van der Waals surface area (Å²) in [6, 6.07) is 11.2. The molecule has 0 aliphatic rings. The molecule has 0 aliphatic heterocycles. The predicted molar refractivity (Wildman–Crippen MR) is 63.9 cm³/mol. The lowest BCUT2D eigenvalue weighted by Crippen LogP contribution is -2.39. The zero-order valence-corrected chi connectivity index (χ0v) is 10.2. The normalized spacial score (nSPS) is 14.9. The Morgan fingerprint density at radius 3 is 2.00 bits per heavy atom. The van der Waals surface area contributed by atoms with Gasteiger partial charge in [0.05, 0.1) is 6.07 Å². The summed E-state index contributed by atoms with van der Waals surface area (Å²) in [7, 11) is 0. The molecule has 1 aromatic carbocycles. The van der Waals surface area contributed by atoms with E-state index in [1.807, 2.05) is 39.0 Å². The Bertz CT molecular complexity index is 422. The van der Waals surface area contributed by atoms with Crippen LogP contribution in [0.5, 0.6) is 0 Å². The van der Waals surface area contributed by atoms with E-state index in [0.29, 0.717) is 5.56 Å². The molecule has 16 heavy (non-hydrogen) atoms. The zero-order valence-electron chi connectivity index (χ0n) is 10.2. The lowest BCUT2D eigenvalue weighted by molar-refractivity contribution is 0.0720. The third-order valence-corrected chi connectivity index (χ3v) is 3.21. The van der Waals surface area contributed by atoms with Crippen molar-refractivity contribution in [2.45, 2.75) is 27.7 Å². The van der Waals surface area contributed by atoms with Gasteiger partial charge < -0.3 is 0 Å². The maximum atomic E-state index is 12.3. The second kappa shape index (κ2) is 4.09. The highest BCUT2D eigenvalue weighted by Gasteiger charge is 2.44. The molecule has 0 radical (unpaired) electrons. The quantitative estimate of drug-likeness (QED) is 0.709. The van der Waals surface area contributed by atoms with Gasteiger partial charge in [-0.1, -0.05) is 51.1 Å². The van der Waals surface area contributed by atoms with Crippen molar-refractivity contribution in [3.63, 3.8) is 0 Å². The molecule has 2 heteroatoms. The van der Waals surface area contributed by atoms with Crippen LogP contribution in [-0.2, 0) is 0 Å².